The van der Waals surface area contributed by atoms with Gasteiger partial charge in [0.05, 0.1) is 0 Å². The molecule has 0 bridgehead atoms. The van der Waals surface area contributed by atoms with E-state index in [1.54, 1.807) is 0 Å². The van der Waals surface area contributed by atoms with Gasteiger partial charge in [-0.25, -0.2) is 0 Å². The van der Waals surface area contributed by atoms with Crippen LogP contribution in [0.5, 0.6) is 0 Å². The van der Waals surface area contributed by atoms with Crippen LogP contribution in [-0.4, -0.2) is 0 Å². The van der Waals surface area contributed by atoms with Crippen molar-refractivity contribution in [2.24, 2.45) is 0 Å². The van der Waals surface area contributed by atoms with Crippen molar-refractivity contribution in [1.82, 2.24) is 0 Å². The van der Waals surface area contributed by atoms with E-state index in [1.165, 1.54) is 33.4 Å². The van der Waals surface area contributed by atoms with Gasteiger partial charge in [0.25, 0.3) is 0 Å². The Kier molecular flexibility index (Phi) is 4.11. The summed E-state index contributed by atoms with van der Waals surface area (Å²) in [7, 11) is 0. The molecular weight excluding hydrogens is 264 g/mol. The molecule has 0 aromatic heterocycles. The summed E-state index contributed by atoms with van der Waals surface area (Å²) in [6.07, 6.45) is 0. The lowest BCUT2D eigenvalue weighted by Gasteiger charge is -2.24. The fourth-order valence-electron chi connectivity index (χ4n) is 3.34. The molecule has 1 atom stereocenters. The molecule has 0 amide bonds. The van der Waals surface area contributed by atoms with E-state index in [4.69, 9.17) is 0 Å². The highest BCUT2D eigenvalue weighted by atomic mass is 14.2. The predicted molar refractivity (Wildman–Crippen MR) is 94.5 cm³/mol. The van der Waals surface area contributed by atoms with E-state index in [0.717, 1.165) is 0 Å². The van der Waals surface area contributed by atoms with Crippen molar-refractivity contribution in [2.75, 3.05) is 0 Å². The van der Waals surface area contributed by atoms with Crippen LogP contribution in [0, 0.1) is 20.8 Å². The molecule has 0 saturated carbocycles. The van der Waals surface area contributed by atoms with Crippen LogP contribution in [0.1, 0.15) is 39.3 Å². The second-order valence-electron chi connectivity index (χ2n) is 6.01. The van der Waals surface area contributed by atoms with Crippen molar-refractivity contribution >= 4 is 0 Å². The zero-order valence-electron chi connectivity index (χ0n) is 13.5. The van der Waals surface area contributed by atoms with Gasteiger partial charge in [-0.1, -0.05) is 72.8 Å². The van der Waals surface area contributed by atoms with Crippen LogP contribution >= 0.6 is 0 Å². The molecule has 0 heteroatoms. The van der Waals surface area contributed by atoms with Crippen LogP contribution in [0.25, 0.3) is 0 Å². The molecule has 3 rings (SSSR count). The Bertz CT molecular complexity index is 749. The molecular formula is C22H22. The molecule has 0 spiro atoms. The fourth-order valence-corrected chi connectivity index (χ4v) is 3.34. The van der Waals surface area contributed by atoms with Crippen LogP contribution in [0.4, 0.5) is 0 Å². The lowest BCUT2D eigenvalue weighted by atomic mass is 9.79. The normalized spacial score (nSPS) is 12.1. The summed E-state index contributed by atoms with van der Waals surface area (Å²) in [6.45, 7) is 6.64. The first kappa shape index (κ1) is 14.6. The zero-order valence-corrected chi connectivity index (χ0v) is 13.5. The van der Waals surface area contributed by atoms with Crippen molar-refractivity contribution < 1.29 is 0 Å². The number of rotatable bonds is 3. The summed E-state index contributed by atoms with van der Waals surface area (Å²) in [5, 5.41) is 0. The number of aryl methyl sites for hydroxylation is 3. The molecule has 3 aromatic rings. The van der Waals surface area contributed by atoms with Gasteiger partial charge in [0.15, 0.2) is 0 Å². The summed E-state index contributed by atoms with van der Waals surface area (Å²) < 4.78 is 0. The van der Waals surface area contributed by atoms with Crippen LogP contribution < -0.4 is 0 Å². The summed E-state index contributed by atoms with van der Waals surface area (Å²) >= 11 is 0. The second kappa shape index (κ2) is 6.19. The maximum Gasteiger partial charge on any atom is 0.0347 e. The summed E-state index contributed by atoms with van der Waals surface area (Å²) in [6, 6.07) is 26.1. The third-order valence-corrected chi connectivity index (χ3v) is 4.46. The Morgan fingerprint density at radius 3 is 1.73 bits per heavy atom. The van der Waals surface area contributed by atoms with Gasteiger partial charge in [0.2, 0.25) is 0 Å². The zero-order chi connectivity index (χ0) is 15.5. The SMILES string of the molecule is Cc1ccccc1C(c1ccccc1)c1c(C)cccc1C. The average molecular weight is 286 g/mol. The van der Waals surface area contributed by atoms with Crippen molar-refractivity contribution in [3.63, 3.8) is 0 Å². The van der Waals surface area contributed by atoms with Gasteiger partial charge in [-0.3, -0.25) is 0 Å². The average Bonchev–Trinajstić information content (AvgIpc) is 2.53. The summed E-state index contributed by atoms with van der Waals surface area (Å²) in [4.78, 5) is 0. The van der Waals surface area contributed by atoms with E-state index in [1.807, 2.05) is 0 Å². The maximum absolute atomic E-state index is 2.26. The Labute approximate surface area is 133 Å². The van der Waals surface area contributed by atoms with E-state index in [0.29, 0.717) is 5.92 Å². The fraction of sp³-hybridized carbons (Fsp3) is 0.182. The molecule has 22 heavy (non-hydrogen) atoms. The molecule has 1 unspecified atom stereocenters. The summed E-state index contributed by atoms with van der Waals surface area (Å²) in [5.74, 6) is 0.295. The molecule has 0 N–H and O–H groups in total. The van der Waals surface area contributed by atoms with Crippen LogP contribution in [0.15, 0.2) is 72.8 Å². The first-order valence-electron chi connectivity index (χ1n) is 7.85. The van der Waals surface area contributed by atoms with Gasteiger partial charge in [0, 0.05) is 5.92 Å². The van der Waals surface area contributed by atoms with Crippen LogP contribution in [-0.2, 0) is 0 Å². The van der Waals surface area contributed by atoms with E-state index in [2.05, 4.69) is 93.6 Å². The van der Waals surface area contributed by atoms with Crippen LogP contribution in [0.3, 0.4) is 0 Å². The van der Waals surface area contributed by atoms with Crippen molar-refractivity contribution in [2.45, 2.75) is 26.7 Å². The Morgan fingerprint density at radius 2 is 1.09 bits per heavy atom. The number of hydrogen-bond acceptors (Lipinski definition) is 0. The quantitative estimate of drug-likeness (QED) is 0.534. The molecule has 0 aliphatic carbocycles. The third kappa shape index (κ3) is 2.69. The largest absolute Gasteiger partial charge is 0.0622 e. The number of benzene rings is 3. The smallest absolute Gasteiger partial charge is 0.0347 e. The first-order chi connectivity index (χ1) is 10.7. The van der Waals surface area contributed by atoms with Gasteiger partial charge in [0.1, 0.15) is 0 Å². The number of hydrogen-bond donors (Lipinski definition) is 0. The highest BCUT2D eigenvalue weighted by Gasteiger charge is 2.21. The highest BCUT2D eigenvalue weighted by Crippen LogP contribution is 2.36. The van der Waals surface area contributed by atoms with E-state index >= 15 is 0 Å². The Balaban J connectivity index is 2.27. The Morgan fingerprint density at radius 1 is 0.545 bits per heavy atom. The van der Waals surface area contributed by atoms with Gasteiger partial charge in [-0.15, -0.1) is 0 Å². The molecule has 0 saturated heterocycles. The van der Waals surface area contributed by atoms with Crippen LogP contribution in [0.2, 0.25) is 0 Å². The van der Waals surface area contributed by atoms with Gasteiger partial charge < -0.3 is 0 Å². The molecule has 110 valence electrons. The Hall–Kier alpha value is -2.34. The predicted octanol–water partition coefficient (Wildman–Crippen LogP) is 5.79. The van der Waals surface area contributed by atoms with Gasteiger partial charge in [-0.05, 0) is 54.2 Å². The minimum atomic E-state index is 0.295. The lowest BCUT2D eigenvalue weighted by molar-refractivity contribution is 0.936. The standard InChI is InChI=1S/C22H22/c1-16-10-7-8-15-20(16)22(19-13-5-4-6-14-19)21-17(2)11-9-12-18(21)3/h4-15,22H,1-3H3. The molecule has 0 heterocycles. The van der Waals surface area contributed by atoms with E-state index in [-0.39, 0.29) is 0 Å². The monoisotopic (exact) mass is 286 g/mol. The minimum Gasteiger partial charge on any atom is -0.0622 e. The first-order valence-corrected chi connectivity index (χ1v) is 7.85. The molecule has 0 fully saturated rings. The van der Waals surface area contributed by atoms with Gasteiger partial charge >= 0.3 is 0 Å². The van der Waals surface area contributed by atoms with E-state index in [9.17, 15) is 0 Å². The summed E-state index contributed by atoms with van der Waals surface area (Å²) in [5.41, 5.74) is 8.25. The molecule has 0 nitrogen and oxygen atoms in total. The molecule has 0 aliphatic rings. The van der Waals surface area contributed by atoms with Crippen molar-refractivity contribution in [3.05, 3.63) is 106 Å². The van der Waals surface area contributed by atoms with Gasteiger partial charge in [-0.2, -0.15) is 0 Å². The second-order valence-corrected chi connectivity index (χ2v) is 6.01. The van der Waals surface area contributed by atoms with Crippen molar-refractivity contribution in [1.29, 1.82) is 0 Å². The maximum atomic E-state index is 2.26. The lowest BCUT2D eigenvalue weighted by Crippen LogP contribution is -2.08. The third-order valence-electron chi connectivity index (χ3n) is 4.46. The van der Waals surface area contributed by atoms with E-state index < -0.39 is 0 Å². The van der Waals surface area contributed by atoms with Crippen molar-refractivity contribution in [3.8, 4) is 0 Å². The topological polar surface area (TPSA) is 0 Å². The molecule has 0 aliphatic heterocycles. The minimum absolute atomic E-state index is 0.295. The molecule has 3 aromatic carbocycles. The highest BCUT2D eigenvalue weighted by molar-refractivity contribution is 5.51. The molecule has 0 radical (unpaired) electrons.